The second-order valence-electron chi connectivity index (χ2n) is 3.42. The van der Waals surface area contributed by atoms with Gasteiger partial charge in [-0.05, 0) is 12.1 Å². The fourth-order valence-electron chi connectivity index (χ4n) is 1.38. The van der Waals surface area contributed by atoms with Gasteiger partial charge in [-0.3, -0.25) is 4.79 Å². The summed E-state index contributed by atoms with van der Waals surface area (Å²) >= 11 is 0. The highest BCUT2D eigenvalue weighted by molar-refractivity contribution is 6.03. The number of hydrogen-bond donors (Lipinski definition) is 1. The first-order valence-corrected chi connectivity index (χ1v) is 5.04. The molecule has 0 radical (unpaired) electrons. The van der Waals surface area contributed by atoms with Gasteiger partial charge in [0, 0.05) is 6.07 Å². The number of carbonyl (C=O) groups excluding carboxylic acids is 1. The Morgan fingerprint density at radius 2 is 2.28 bits per heavy atom. The van der Waals surface area contributed by atoms with Crippen LogP contribution in [0.4, 0.5) is 5.69 Å². The average molecular weight is 245 g/mol. The summed E-state index contributed by atoms with van der Waals surface area (Å²) in [6.45, 7) is 0. The van der Waals surface area contributed by atoms with Gasteiger partial charge in [0.1, 0.15) is 12.0 Å². The summed E-state index contributed by atoms with van der Waals surface area (Å²) < 4.78 is 14.7. The smallest absolute Gasteiger partial charge is 0.277 e. The van der Waals surface area contributed by atoms with Gasteiger partial charge in [-0.15, -0.1) is 0 Å². The third-order valence-electron chi connectivity index (χ3n) is 2.20. The van der Waals surface area contributed by atoms with Gasteiger partial charge in [0.2, 0.25) is 5.76 Å². The lowest BCUT2D eigenvalue weighted by atomic mass is 10.3. The highest BCUT2D eigenvalue weighted by atomic mass is 16.5. The highest BCUT2D eigenvalue weighted by Crippen LogP contribution is 2.20. The number of anilines is 1. The van der Waals surface area contributed by atoms with Gasteiger partial charge in [0.25, 0.3) is 5.91 Å². The van der Waals surface area contributed by atoms with E-state index < -0.39 is 5.91 Å². The van der Waals surface area contributed by atoms with Crippen molar-refractivity contribution in [3.63, 3.8) is 0 Å². The molecule has 18 heavy (non-hydrogen) atoms. The zero-order valence-electron chi connectivity index (χ0n) is 8.99. The topological polar surface area (TPSA) is 94.3 Å². The lowest BCUT2D eigenvalue weighted by Gasteiger charge is -1.95. The fourth-order valence-corrected chi connectivity index (χ4v) is 1.38. The summed E-state index contributed by atoms with van der Waals surface area (Å²) in [6, 6.07) is 4.92. The molecular weight excluding hydrogens is 238 g/mol. The van der Waals surface area contributed by atoms with E-state index in [0.29, 0.717) is 17.2 Å². The number of nitrogens with zero attached hydrogens (tertiary/aromatic N) is 2. The van der Waals surface area contributed by atoms with Crippen molar-refractivity contribution in [1.82, 2.24) is 10.3 Å². The average Bonchev–Trinajstić information content (AvgIpc) is 3.11. The van der Waals surface area contributed by atoms with Gasteiger partial charge in [0.15, 0.2) is 11.5 Å². The van der Waals surface area contributed by atoms with Crippen molar-refractivity contribution in [3.8, 4) is 11.5 Å². The van der Waals surface area contributed by atoms with Gasteiger partial charge in [0.05, 0.1) is 12.5 Å². The standard InChI is InChI=1S/C11H7N3O4/c15-11(13-7-5-12-17-6-7)8-4-10(18-14-8)9-2-1-3-16-9/h1-6H,(H,13,15). The molecule has 0 aliphatic carbocycles. The van der Waals surface area contributed by atoms with Crippen molar-refractivity contribution in [1.29, 1.82) is 0 Å². The number of amides is 1. The van der Waals surface area contributed by atoms with E-state index in [9.17, 15) is 4.79 Å². The molecule has 0 saturated heterocycles. The third kappa shape index (κ3) is 1.88. The van der Waals surface area contributed by atoms with Crippen LogP contribution in [0.3, 0.4) is 0 Å². The Hall–Kier alpha value is -2.83. The summed E-state index contributed by atoms with van der Waals surface area (Å²) in [5, 5.41) is 9.67. The number of aromatic nitrogens is 2. The van der Waals surface area contributed by atoms with Gasteiger partial charge < -0.3 is 18.8 Å². The van der Waals surface area contributed by atoms with Crippen LogP contribution in [0.25, 0.3) is 11.5 Å². The molecule has 7 nitrogen and oxygen atoms in total. The Kier molecular flexibility index (Phi) is 2.41. The van der Waals surface area contributed by atoms with Crippen LogP contribution in [-0.4, -0.2) is 16.2 Å². The predicted octanol–water partition coefficient (Wildman–Crippen LogP) is 2.17. The van der Waals surface area contributed by atoms with E-state index in [-0.39, 0.29) is 5.69 Å². The minimum absolute atomic E-state index is 0.141. The maximum atomic E-state index is 11.8. The summed E-state index contributed by atoms with van der Waals surface area (Å²) in [6.07, 6.45) is 4.20. The molecule has 0 saturated carbocycles. The maximum absolute atomic E-state index is 11.8. The molecule has 1 N–H and O–H groups in total. The van der Waals surface area contributed by atoms with E-state index in [1.807, 2.05) is 0 Å². The minimum Gasteiger partial charge on any atom is -0.461 e. The minimum atomic E-state index is -0.417. The third-order valence-corrected chi connectivity index (χ3v) is 2.20. The zero-order valence-corrected chi connectivity index (χ0v) is 8.99. The number of hydrogen-bond acceptors (Lipinski definition) is 6. The molecule has 0 spiro atoms. The van der Waals surface area contributed by atoms with Crippen molar-refractivity contribution in [2.75, 3.05) is 5.32 Å². The normalized spacial score (nSPS) is 10.4. The molecule has 0 unspecified atom stereocenters. The first-order chi connectivity index (χ1) is 8.83. The van der Waals surface area contributed by atoms with E-state index in [4.69, 9.17) is 8.94 Å². The summed E-state index contributed by atoms with van der Waals surface area (Å²) in [7, 11) is 0. The summed E-state index contributed by atoms with van der Waals surface area (Å²) in [5.74, 6) is 0.474. The number of furan rings is 1. The van der Waals surface area contributed by atoms with Crippen molar-refractivity contribution in [2.45, 2.75) is 0 Å². The molecular formula is C11H7N3O4. The number of nitrogens with one attached hydrogen (secondary N) is 1. The number of carbonyl (C=O) groups is 1. The van der Waals surface area contributed by atoms with Crippen LogP contribution < -0.4 is 5.32 Å². The molecule has 0 bridgehead atoms. The molecule has 0 aromatic carbocycles. The molecule has 0 fully saturated rings. The van der Waals surface area contributed by atoms with Gasteiger partial charge in [-0.1, -0.05) is 10.3 Å². The lowest BCUT2D eigenvalue weighted by molar-refractivity contribution is 0.101. The van der Waals surface area contributed by atoms with Crippen LogP contribution in [-0.2, 0) is 0 Å². The second-order valence-corrected chi connectivity index (χ2v) is 3.42. The van der Waals surface area contributed by atoms with Gasteiger partial charge in [-0.25, -0.2) is 0 Å². The van der Waals surface area contributed by atoms with Crippen LogP contribution in [0.2, 0.25) is 0 Å². The quantitative estimate of drug-likeness (QED) is 0.759. The molecule has 3 aromatic heterocycles. The predicted molar refractivity (Wildman–Crippen MR) is 58.7 cm³/mol. The summed E-state index contributed by atoms with van der Waals surface area (Å²) in [4.78, 5) is 11.8. The second kappa shape index (κ2) is 4.21. The van der Waals surface area contributed by atoms with E-state index in [1.165, 1.54) is 24.8 Å². The first-order valence-electron chi connectivity index (χ1n) is 5.04. The van der Waals surface area contributed by atoms with E-state index >= 15 is 0 Å². The van der Waals surface area contributed by atoms with Crippen molar-refractivity contribution < 1.29 is 18.3 Å². The molecule has 7 heteroatoms. The molecule has 0 aliphatic heterocycles. The zero-order chi connectivity index (χ0) is 12.4. The Labute approximate surface area is 100 Å². The van der Waals surface area contributed by atoms with Crippen LogP contribution >= 0.6 is 0 Å². The monoisotopic (exact) mass is 245 g/mol. The first kappa shape index (κ1) is 10.3. The van der Waals surface area contributed by atoms with E-state index in [0.717, 1.165) is 0 Å². The SMILES string of the molecule is O=C(Nc1cnoc1)c1cc(-c2ccco2)on1. The Bertz CT molecular complexity index is 640. The molecule has 3 heterocycles. The van der Waals surface area contributed by atoms with Crippen LogP contribution in [0.15, 0.2) is 50.4 Å². The molecule has 1 amide bonds. The largest absolute Gasteiger partial charge is 0.461 e. The molecule has 90 valence electrons. The molecule has 3 aromatic rings. The number of rotatable bonds is 3. The van der Waals surface area contributed by atoms with Crippen LogP contribution in [0.1, 0.15) is 10.5 Å². The molecule has 0 atom stereocenters. The van der Waals surface area contributed by atoms with Gasteiger partial charge in [-0.2, -0.15) is 0 Å². The lowest BCUT2D eigenvalue weighted by Crippen LogP contribution is -2.11. The van der Waals surface area contributed by atoms with E-state index in [2.05, 4.69) is 20.2 Å². The van der Waals surface area contributed by atoms with E-state index in [1.54, 1.807) is 12.1 Å². The fraction of sp³-hybridized carbons (Fsp3) is 0. The van der Waals surface area contributed by atoms with Gasteiger partial charge >= 0.3 is 0 Å². The Morgan fingerprint density at radius 3 is 3.00 bits per heavy atom. The van der Waals surface area contributed by atoms with Crippen molar-refractivity contribution >= 4 is 11.6 Å². The Morgan fingerprint density at radius 1 is 1.33 bits per heavy atom. The van der Waals surface area contributed by atoms with Crippen LogP contribution in [0, 0.1) is 0 Å². The van der Waals surface area contributed by atoms with Crippen LogP contribution in [0.5, 0.6) is 0 Å². The van der Waals surface area contributed by atoms with Crippen molar-refractivity contribution in [3.05, 3.63) is 42.6 Å². The highest BCUT2D eigenvalue weighted by Gasteiger charge is 2.15. The summed E-state index contributed by atoms with van der Waals surface area (Å²) in [5.41, 5.74) is 0.588. The maximum Gasteiger partial charge on any atom is 0.277 e. The molecule has 3 rings (SSSR count). The Balaban J connectivity index is 1.79. The van der Waals surface area contributed by atoms with Crippen molar-refractivity contribution in [2.24, 2.45) is 0 Å². The molecule has 0 aliphatic rings.